The van der Waals surface area contributed by atoms with E-state index in [-0.39, 0.29) is 32.7 Å². The van der Waals surface area contributed by atoms with E-state index < -0.39 is 30.7 Å². The fourth-order valence-electron chi connectivity index (χ4n) is 1.28. The Kier molecular flexibility index (Phi) is 5.43. The van der Waals surface area contributed by atoms with Crippen molar-refractivity contribution in [1.82, 2.24) is 0 Å². The van der Waals surface area contributed by atoms with E-state index in [1.54, 1.807) is 0 Å². The fourth-order valence-corrected chi connectivity index (χ4v) is 1.28. The first kappa shape index (κ1) is 14.2. The first-order valence-corrected chi connectivity index (χ1v) is 3.74. The van der Waals surface area contributed by atoms with Crippen LogP contribution in [-0.2, 0) is 37.4 Å². The molecule has 1 heterocycles. The van der Waals surface area contributed by atoms with Gasteiger partial charge in [0, 0.05) is 37.6 Å². The molecule has 4 atom stereocenters. The van der Waals surface area contributed by atoms with Crippen molar-refractivity contribution in [3.8, 4) is 0 Å². The molecule has 2 N–H and O–H groups in total. The largest absolute Gasteiger partial charge is 0.393 e. The number of hydrogen-bond donors (Lipinski definition) is 2. The zero-order chi connectivity index (χ0) is 10.1. The van der Waals surface area contributed by atoms with Crippen LogP contribution in [0.1, 0.15) is 6.92 Å². The Morgan fingerprint density at radius 1 is 1.71 bits per heavy atom. The van der Waals surface area contributed by atoms with Crippen molar-refractivity contribution < 1.29 is 52.0 Å². The van der Waals surface area contributed by atoms with Crippen molar-refractivity contribution >= 4 is 0 Å². The van der Waals surface area contributed by atoms with Gasteiger partial charge in [0.05, 0.1) is 12.7 Å². The molecule has 0 unspecified atom stereocenters. The molecule has 0 aliphatic carbocycles. The Balaban J connectivity index is 0.00000169. The molecule has 1 aliphatic rings. The number of hydrogen-bond acceptors (Lipinski definition) is 4. The second kappa shape index (κ2) is 5.35. The van der Waals surface area contributed by atoms with Crippen molar-refractivity contribution in [3.63, 3.8) is 0 Å². The van der Waals surface area contributed by atoms with E-state index in [9.17, 15) is 9.50 Å². The number of aliphatic hydroxyl groups excluding tert-OH is 2. The minimum Gasteiger partial charge on any atom is -0.393 e. The summed E-state index contributed by atoms with van der Waals surface area (Å²) in [6.07, 6.45) is -4.17. The number of halogens is 1. The Hall–Kier alpha value is 0.224. The molecular weight excluding hydrogens is 270 g/mol. The Morgan fingerprint density at radius 2 is 2.29 bits per heavy atom. The maximum Gasteiger partial charge on any atom is 0.198 e. The molecule has 8 heteroatoms. The van der Waals surface area contributed by atoms with Crippen LogP contribution >= 0.6 is 0 Å². The quantitative estimate of drug-likeness (QED) is 0.426. The topological polar surface area (TPSA) is 98.5 Å². The molecule has 6 nitrogen and oxygen atoms in total. The zero-order valence-electron chi connectivity index (χ0n) is 7.54. The summed E-state index contributed by atoms with van der Waals surface area (Å²) in [7, 11) is 0. The van der Waals surface area contributed by atoms with E-state index >= 15 is 0 Å². The number of nitrogens with zero attached hydrogens (tertiary/aromatic N) is 3. The smallest absolute Gasteiger partial charge is 0.198 e. The van der Waals surface area contributed by atoms with E-state index in [4.69, 9.17) is 15.4 Å². The average molecular weight is 280 g/mol. The molecule has 0 aromatic heterocycles. The molecule has 1 fully saturated rings. The maximum absolute atomic E-state index is 13.0. The first-order chi connectivity index (χ1) is 6.07. The van der Waals surface area contributed by atoms with Crippen LogP contribution < -0.4 is 0 Å². The van der Waals surface area contributed by atoms with Gasteiger partial charge in [0.15, 0.2) is 11.9 Å². The molecule has 0 bridgehead atoms. The van der Waals surface area contributed by atoms with Crippen LogP contribution in [0, 0.1) is 0 Å². The summed E-state index contributed by atoms with van der Waals surface area (Å²) in [4.78, 5) is 2.39. The predicted molar refractivity (Wildman–Crippen MR) is 40.4 cm³/mol. The fraction of sp³-hybridized carbons (Fsp3) is 1.00. The maximum atomic E-state index is 13.0. The molecule has 0 aromatic rings. The minimum atomic E-state index is -1.87. The summed E-state index contributed by atoms with van der Waals surface area (Å²) in [5.74, 6) is 0. The number of ether oxygens (including phenoxy) is 1. The molecule has 1 saturated heterocycles. The molecule has 77 valence electrons. The van der Waals surface area contributed by atoms with Crippen LogP contribution in [0.4, 0.5) is 4.39 Å². The summed E-state index contributed by atoms with van der Waals surface area (Å²) < 4.78 is 17.9. The van der Waals surface area contributed by atoms with Crippen molar-refractivity contribution in [2.24, 2.45) is 5.11 Å². The second-order valence-corrected chi connectivity index (χ2v) is 2.90. The molecule has 14 heavy (non-hydrogen) atoms. The van der Waals surface area contributed by atoms with Gasteiger partial charge in [0.1, 0.15) is 6.10 Å². The monoisotopic (exact) mass is 280 g/mol. The van der Waals surface area contributed by atoms with Gasteiger partial charge in [-0.15, -0.1) is 0 Å². The van der Waals surface area contributed by atoms with Crippen LogP contribution in [0.2, 0.25) is 0 Å². The standard InChI is InChI=1S/C6H10FN3O3.Y/c1-3-4(7)5(12)6(2-11,13-3)9-10-8;/h3-5,11-12H,2H2,1H3;/t3-,4-,5-,6+;/m0./s1. The molecule has 1 radical (unpaired) electrons. The normalized spacial score (nSPS) is 41.3. The third-order valence-electron chi connectivity index (χ3n) is 2.04. The average Bonchev–Trinajstić information content (AvgIpc) is 2.32. The van der Waals surface area contributed by atoms with Crippen molar-refractivity contribution in [1.29, 1.82) is 0 Å². The van der Waals surface area contributed by atoms with E-state index in [1.807, 2.05) is 0 Å². The summed E-state index contributed by atoms with van der Waals surface area (Å²) in [5.41, 5.74) is 6.28. The van der Waals surface area contributed by atoms with Crippen LogP contribution in [0.25, 0.3) is 10.4 Å². The van der Waals surface area contributed by atoms with Gasteiger partial charge in [0.2, 0.25) is 0 Å². The van der Waals surface area contributed by atoms with Crippen LogP contribution in [0.5, 0.6) is 0 Å². The van der Waals surface area contributed by atoms with Gasteiger partial charge >= 0.3 is 0 Å². The third kappa shape index (κ3) is 2.24. The Labute approximate surface area is 105 Å². The van der Waals surface area contributed by atoms with Gasteiger partial charge in [0.25, 0.3) is 0 Å². The Morgan fingerprint density at radius 3 is 2.57 bits per heavy atom. The van der Waals surface area contributed by atoms with Gasteiger partial charge in [-0.1, -0.05) is 5.11 Å². The predicted octanol–water partition coefficient (Wildman–Crippen LogP) is 0.100. The molecule has 0 spiro atoms. The second-order valence-electron chi connectivity index (χ2n) is 2.90. The van der Waals surface area contributed by atoms with Crippen molar-refractivity contribution in [2.45, 2.75) is 31.0 Å². The van der Waals surface area contributed by atoms with Crippen LogP contribution in [-0.4, -0.2) is 40.9 Å². The van der Waals surface area contributed by atoms with Crippen LogP contribution in [0.3, 0.4) is 0 Å². The van der Waals surface area contributed by atoms with E-state index in [0.717, 1.165) is 0 Å². The van der Waals surface area contributed by atoms with Crippen LogP contribution in [0.15, 0.2) is 5.11 Å². The van der Waals surface area contributed by atoms with E-state index in [0.29, 0.717) is 0 Å². The summed E-state index contributed by atoms with van der Waals surface area (Å²) >= 11 is 0. The van der Waals surface area contributed by atoms with E-state index in [2.05, 4.69) is 10.0 Å². The van der Waals surface area contributed by atoms with Gasteiger partial charge in [-0.2, -0.15) is 0 Å². The molecule has 0 saturated carbocycles. The van der Waals surface area contributed by atoms with E-state index in [1.165, 1.54) is 6.92 Å². The number of aliphatic hydroxyl groups is 2. The molecule has 0 aromatic carbocycles. The zero-order valence-corrected chi connectivity index (χ0v) is 10.4. The van der Waals surface area contributed by atoms with Crippen molar-refractivity contribution in [2.75, 3.05) is 6.61 Å². The summed E-state index contributed by atoms with van der Waals surface area (Å²) in [5, 5.41) is 21.2. The molecule has 1 rings (SSSR count). The summed E-state index contributed by atoms with van der Waals surface area (Å²) in [6, 6.07) is 0. The Bertz CT molecular complexity index is 250. The third-order valence-corrected chi connectivity index (χ3v) is 2.04. The minimum absolute atomic E-state index is 0. The number of rotatable bonds is 2. The van der Waals surface area contributed by atoms with Gasteiger partial charge in [-0.25, -0.2) is 4.39 Å². The van der Waals surface area contributed by atoms with Gasteiger partial charge < -0.3 is 14.9 Å². The van der Waals surface area contributed by atoms with Gasteiger partial charge in [-0.05, 0) is 12.5 Å². The number of azide groups is 1. The summed E-state index contributed by atoms with van der Waals surface area (Å²) in [6.45, 7) is 0.640. The molecular formula is C6H10FN3O3Y. The number of alkyl halides is 1. The van der Waals surface area contributed by atoms with Crippen molar-refractivity contribution in [3.05, 3.63) is 10.4 Å². The molecule has 0 amide bonds. The first-order valence-electron chi connectivity index (χ1n) is 3.74. The SMILES string of the molecule is C[C@@H]1O[C@@](CO)(N=[N+]=[N-])[C@@H](O)[C@H]1F.[Y]. The van der Waals surface area contributed by atoms with Gasteiger partial charge in [-0.3, -0.25) is 0 Å². The molecule has 1 aliphatic heterocycles.